The lowest BCUT2D eigenvalue weighted by Crippen LogP contribution is -2.30. The molecule has 3 aromatic carbocycles. The van der Waals surface area contributed by atoms with E-state index in [2.05, 4.69) is 5.32 Å². The van der Waals surface area contributed by atoms with Crippen LogP contribution in [0.3, 0.4) is 0 Å². The molecule has 0 saturated carbocycles. The number of amides is 3. The van der Waals surface area contributed by atoms with E-state index in [1.165, 1.54) is 36.4 Å². The molecule has 3 amide bonds. The molecule has 0 aromatic heterocycles. The molecule has 11 nitrogen and oxygen atoms in total. The number of ether oxygens (including phenoxy) is 1. The van der Waals surface area contributed by atoms with Crippen LogP contribution in [0, 0.1) is 26.0 Å². The van der Waals surface area contributed by atoms with Gasteiger partial charge in [-0.25, -0.2) is 9.18 Å². The zero-order chi connectivity index (χ0) is 25.1. The summed E-state index contributed by atoms with van der Waals surface area (Å²) in [5.41, 5.74) is -0.324. The van der Waals surface area contributed by atoms with Crippen LogP contribution in [-0.2, 0) is 11.3 Å². The smallest absolute Gasteiger partial charge is 0.329 e. The standard InChI is InChI=1S/C23H15FN4O7/c24-18-4-2-1-3-15(18)13-26-22(29)19(25-23(26)30)11-14-5-8-17(9-6-14)35-21-10-7-16(27(31)32)12-20(21)28(33)34/h1-12H,13H2,(H,25,30)/b19-11+. The summed E-state index contributed by atoms with van der Waals surface area (Å²) in [6.45, 7) is -0.227. The third-order valence-electron chi connectivity index (χ3n) is 5.02. The van der Waals surface area contributed by atoms with Crippen LogP contribution in [0.2, 0.25) is 0 Å². The van der Waals surface area contributed by atoms with Crippen LogP contribution in [0.15, 0.2) is 72.4 Å². The van der Waals surface area contributed by atoms with Crippen LogP contribution < -0.4 is 10.1 Å². The Hall–Kier alpha value is -5.13. The van der Waals surface area contributed by atoms with Gasteiger partial charge in [-0.15, -0.1) is 0 Å². The SMILES string of the molecule is O=C1N/C(=C/c2ccc(Oc3ccc([N+](=O)[O-])cc3[N+](=O)[O-])cc2)C(=O)N1Cc1ccccc1F. The Balaban J connectivity index is 1.50. The molecule has 1 heterocycles. The largest absolute Gasteiger partial charge is 0.450 e. The van der Waals surface area contributed by atoms with Crippen molar-refractivity contribution < 1.29 is 28.6 Å². The molecule has 0 unspecified atom stereocenters. The lowest BCUT2D eigenvalue weighted by atomic mass is 10.1. The van der Waals surface area contributed by atoms with E-state index < -0.39 is 39.0 Å². The molecule has 176 valence electrons. The first-order chi connectivity index (χ1) is 16.7. The second-order valence-electron chi connectivity index (χ2n) is 7.31. The average Bonchev–Trinajstić information content (AvgIpc) is 3.09. The van der Waals surface area contributed by atoms with Crippen LogP contribution in [0.5, 0.6) is 11.5 Å². The van der Waals surface area contributed by atoms with Crippen molar-refractivity contribution >= 4 is 29.4 Å². The lowest BCUT2D eigenvalue weighted by Gasteiger charge is -2.12. The number of carbonyl (C=O) groups excluding carboxylic acids is 2. The molecule has 12 heteroatoms. The summed E-state index contributed by atoms with van der Waals surface area (Å²) < 4.78 is 19.4. The van der Waals surface area contributed by atoms with E-state index in [0.717, 1.165) is 23.1 Å². The second-order valence-corrected chi connectivity index (χ2v) is 7.31. The van der Waals surface area contributed by atoms with Gasteiger partial charge >= 0.3 is 11.7 Å². The number of hydrogen-bond acceptors (Lipinski definition) is 7. The Morgan fingerprint density at radius 1 is 0.971 bits per heavy atom. The Morgan fingerprint density at radius 3 is 2.34 bits per heavy atom. The summed E-state index contributed by atoms with van der Waals surface area (Å²) in [6, 6.07) is 14.2. The third kappa shape index (κ3) is 4.95. The van der Waals surface area contributed by atoms with Crippen LogP contribution in [0.25, 0.3) is 6.08 Å². The Bertz CT molecular complexity index is 1390. The summed E-state index contributed by atoms with van der Waals surface area (Å²) in [5, 5.41) is 24.6. The highest BCUT2D eigenvalue weighted by Gasteiger charge is 2.34. The van der Waals surface area contributed by atoms with Gasteiger partial charge in [0, 0.05) is 11.6 Å². The monoisotopic (exact) mass is 478 g/mol. The molecule has 35 heavy (non-hydrogen) atoms. The molecule has 1 saturated heterocycles. The molecule has 0 atom stereocenters. The second kappa shape index (κ2) is 9.39. The van der Waals surface area contributed by atoms with Gasteiger partial charge in [0.2, 0.25) is 5.75 Å². The van der Waals surface area contributed by atoms with Crippen molar-refractivity contribution in [3.8, 4) is 11.5 Å². The molecular formula is C23H15FN4O7. The van der Waals surface area contributed by atoms with Crippen LogP contribution >= 0.6 is 0 Å². The van der Waals surface area contributed by atoms with Crippen molar-refractivity contribution in [3.05, 3.63) is 110 Å². The number of imide groups is 1. The quantitative estimate of drug-likeness (QED) is 0.227. The lowest BCUT2D eigenvalue weighted by molar-refractivity contribution is -0.394. The molecule has 0 spiro atoms. The first kappa shape index (κ1) is 23.0. The first-order valence-corrected chi connectivity index (χ1v) is 10.0. The van der Waals surface area contributed by atoms with Crippen LogP contribution in [0.1, 0.15) is 11.1 Å². The zero-order valence-electron chi connectivity index (χ0n) is 17.7. The summed E-state index contributed by atoms with van der Waals surface area (Å²) in [6.07, 6.45) is 1.42. The van der Waals surface area contributed by atoms with Crippen molar-refractivity contribution in [1.82, 2.24) is 10.2 Å². The molecule has 0 radical (unpaired) electrons. The molecular weight excluding hydrogens is 463 g/mol. The van der Waals surface area contributed by atoms with Gasteiger partial charge in [0.15, 0.2) is 0 Å². The number of nitrogens with one attached hydrogen (secondary N) is 1. The minimum atomic E-state index is -0.789. The Kier molecular flexibility index (Phi) is 6.18. The van der Waals surface area contributed by atoms with Gasteiger partial charge in [0.25, 0.3) is 11.6 Å². The van der Waals surface area contributed by atoms with Gasteiger partial charge in [-0.05, 0) is 35.9 Å². The number of halogens is 1. The highest BCUT2D eigenvalue weighted by atomic mass is 19.1. The van der Waals surface area contributed by atoms with E-state index in [0.29, 0.717) is 5.56 Å². The average molecular weight is 478 g/mol. The van der Waals surface area contributed by atoms with Crippen molar-refractivity contribution in [1.29, 1.82) is 0 Å². The number of nitrogens with zero attached hydrogens (tertiary/aromatic N) is 3. The summed E-state index contributed by atoms with van der Waals surface area (Å²) in [5.74, 6) is -1.14. The number of carbonyl (C=O) groups is 2. The summed E-state index contributed by atoms with van der Waals surface area (Å²) in [7, 11) is 0. The number of rotatable bonds is 7. The fourth-order valence-corrected chi connectivity index (χ4v) is 3.29. The normalized spacial score (nSPS) is 14.2. The van der Waals surface area contributed by atoms with Gasteiger partial charge in [0.05, 0.1) is 22.5 Å². The van der Waals surface area contributed by atoms with Crippen molar-refractivity contribution in [2.75, 3.05) is 0 Å². The van der Waals surface area contributed by atoms with Crippen molar-refractivity contribution in [3.63, 3.8) is 0 Å². The minimum Gasteiger partial charge on any atom is -0.450 e. The van der Waals surface area contributed by atoms with Crippen molar-refractivity contribution in [2.45, 2.75) is 6.54 Å². The van der Waals surface area contributed by atoms with Gasteiger partial charge in [0.1, 0.15) is 17.3 Å². The van der Waals surface area contributed by atoms with E-state index >= 15 is 0 Å². The van der Waals surface area contributed by atoms with E-state index in [1.54, 1.807) is 18.2 Å². The predicted octanol–water partition coefficient (Wildman–Crippen LogP) is 4.53. The van der Waals surface area contributed by atoms with E-state index in [-0.39, 0.29) is 29.3 Å². The number of nitro benzene ring substituents is 2. The Morgan fingerprint density at radius 2 is 1.69 bits per heavy atom. The third-order valence-corrected chi connectivity index (χ3v) is 5.02. The number of non-ortho nitro benzene ring substituents is 1. The zero-order valence-corrected chi connectivity index (χ0v) is 17.7. The molecule has 0 aliphatic carbocycles. The molecule has 1 N–H and O–H groups in total. The van der Waals surface area contributed by atoms with Crippen LogP contribution in [-0.4, -0.2) is 26.7 Å². The van der Waals surface area contributed by atoms with Gasteiger partial charge in [-0.3, -0.25) is 29.9 Å². The van der Waals surface area contributed by atoms with E-state index in [1.807, 2.05) is 0 Å². The number of urea groups is 1. The fourth-order valence-electron chi connectivity index (χ4n) is 3.29. The van der Waals surface area contributed by atoms with Gasteiger partial charge in [-0.2, -0.15) is 0 Å². The highest BCUT2D eigenvalue weighted by molar-refractivity contribution is 6.13. The number of benzene rings is 3. The molecule has 1 aliphatic heterocycles. The van der Waals surface area contributed by atoms with Gasteiger partial charge < -0.3 is 10.1 Å². The Labute approximate surface area is 196 Å². The molecule has 3 aromatic rings. The fraction of sp³-hybridized carbons (Fsp3) is 0.0435. The number of nitro groups is 2. The maximum absolute atomic E-state index is 13.9. The summed E-state index contributed by atoms with van der Waals surface area (Å²) in [4.78, 5) is 46.3. The minimum absolute atomic E-state index is 0.00832. The molecule has 0 bridgehead atoms. The highest BCUT2D eigenvalue weighted by Crippen LogP contribution is 2.34. The van der Waals surface area contributed by atoms with Gasteiger partial charge in [-0.1, -0.05) is 30.3 Å². The topological polar surface area (TPSA) is 145 Å². The van der Waals surface area contributed by atoms with E-state index in [4.69, 9.17) is 4.74 Å². The maximum atomic E-state index is 13.9. The van der Waals surface area contributed by atoms with Crippen molar-refractivity contribution in [2.24, 2.45) is 0 Å². The van der Waals surface area contributed by atoms with Crippen LogP contribution in [0.4, 0.5) is 20.6 Å². The first-order valence-electron chi connectivity index (χ1n) is 10.0. The van der Waals surface area contributed by atoms with E-state index in [9.17, 15) is 34.2 Å². The molecule has 1 aliphatic rings. The maximum Gasteiger partial charge on any atom is 0.329 e. The predicted molar refractivity (Wildman–Crippen MR) is 120 cm³/mol. The molecule has 4 rings (SSSR count). The molecule has 1 fully saturated rings. The summed E-state index contributed by atoms with van der Waals surface area (Å²) >= 11 is 0. The number of hydrogen-bond donors (Lipinski definition) is 1.